The van der Waals surface area contributed by atoms with Crippen molar-refractivity contribution in [2.75, 3.05) is 0 Å². The maximum atomic E-state index is 10.9. The highest BCUT2D eigenvalue weighted by atomic mass is 28.4. The van der Waals surface area contributed by atoms with Gasteiger partial charge in [0.2, 0.25) is 0 Å². The second-order valence-electron chi connectivity index (χ2n) is 6.32. The number of carbonyl (C=O) groups is 1. The van der Waals surface area contributed by atoms with Crippen LogP contribution in [0.2, 0.25) is 18.1 Å². The van der Waals surface area contributed by atoms with E-state index in [4.69, 9.17) is 9.16 Å². The van der Waals surface area contributed by atoms with Crippen LogP contribution in [-0.4, -0.2) is 26.6 Å². The molecule has 0 fully saturated rings. The molecule has 1 aliphatic heterocycles. The molecule has 0 aromatic rings. The fourth-order valence-corrected chi connectivity index (χ4v) is 2.91. The van der Waals surface area contributed by atoms with Crippen molar-refractivity contribution in [1.82, 2.24) is 5.32 Å². The van der Waals surface area contributed by atoms with Crippen LogP contribution in [0.1, 0.15) is 34.6 Å². The normalized spacial score (nSPS) is 21.5. The van der Waals surface area contributed by atoms with Crippen molar-refractivity contribution >= 4 is 14.3 Å². The molecule has 1 aliphatic rings. The zero-order valence-electron chi connectivity index (χ0n) is 12.5. The van der Waals surface area contributed by atoms with Gasteiger partial charge < -0.3 is 14.5 Å². The van der Waals surface area contributed by atoms with E-state index >= 15 is 0 Å². The van der Waals surface area contributed by atoms with Crippen molar-refractivity contribution in [3.63, 3.8) is 0 Å². The molecule has 0 aromatic heterocycles. The van der Waals surface area contributed by atoms with Gasteiger partial charge in [-0.1, -0.05) is 20.8 Å². The molecule has 0 aromatic carbocycles. The summed E-state index contributed by atoms with van der Waals surface area (Å²) in [5, 5.41) is 3.14. The van der Waals surface area contributed by atoms with Crippen LogP contribution in [0.15, 0.2) is 11.8 Å². The Bertz CT molecular complexity index is 358. The molecule has 1 unspecified atom stereocenters. The Labute approximate surface area is 111 Å². The van der Waals surface area contributed by atoms with Crippen LogP contribution in [-0.2, 0) is 14.0 Å². The molecule has 2 atom stereocenters. The highest BCUT2D eigenvalue weighted by molar-refractivity contribution is 6.74. The van der Waals surface area contributed by atoms with Crippen LogP contribution in [0.4, 0.5) is 0 Å². The van der Waals surface area contributed by atoms with E-state index in [-0.39, 0.29) is 23.3 Å². The fourth-order valence-electron chi connectivity index (χ4n) is 1.53. The highest BCUT2D eigenvalue weighted by Crippen LogP contribution is 2.38. The molecule has 0 bridgehead atoms. The number of hydrogen-bond acceptors (Lipinski definition) is 4. The first-order chi connectivity index (χ1) is 8.04. The molecular formula is C13H25NO3Si. The Balaban J connectivity index is 2.62. The van der Waals surface area contributed by atoms with E-state index in [1.165, 1.54) is 6.92 Å². The second kappa shape index (κ2) is 5.05. The lowest BCUT2D eigenvalue weighted by molar-refractivity contribution is -0.147. The van der Waals surface area contributed by atoms with Gasteiger partial charge in [0.25, 0.3) is 0 Å². The smallest absolute Gasteiger partial charge is 0.304 e. The fraction of sp³-hybridized carbons (Fsp3) is 0.769. The van der Waals surface area contributed by atoms with Crippen molar-refractivity contribution in [1.29, 1.82) is 0 Å². The number of esters is 1. The lowest BCUT2D eigenvalue weighted by Gasteiger charge is -2.41. The zero-order valence-corrected chi connectivity index (χ0v) is 13.5. The van der Waals surface area contributed by atoms with Crippen LogP contribution < -0.4 is 5.32 Å². The Morgan fingerprint density at radius 2 is 2.00 bits per heavy atom. The van der Waals surface area contributed by atoms with Gasteiger partial charge in [0.15, 0.2) is 14.5 Å². The standard InChI is InChI=1S/C13H25NO3Si/c1-9(17-18(6,7)13(3,4)5)11-8-14-12(11)16-10(2)15/h8-9,12,14H,1-7H3/t9-,12?/m1/s1. The first kappa shape index (κ1) is 15.2. The van der Waals surface area contributed by atoms with E-state index in [0.717, 1.165) is 5.57 Å². The molecule has 0 radical (unpaired) electrons. The van der Waals surface area contributed by atoms with Crippen LogP contribution in [0.25, 0.3) is 0 Å². The largest absolute Gasteiger partial charge is 0.438 e. The molecule has 18 heavy (non-hydrogen) atoms. The molecule has 1 rings (SSSR count). The molecule has 0 saturated heterocycles. The molecule has 0 spiro atoms. The maximum Gasteiger partial charge on any atom is 0.304 e. The summed E-state index contributed by atoms with van der Waals surface area (Å²) in [4.78, 5) is 10.9. The Hall–Kier alpha value is -0.813. The minimum Gasteiger partial charge on any atom is -0.438 e. The maximum absolute atomic E-state index is 10.9. The van der Waals surface area contributed by atoms with Crippen molar-refractivity contribution < 1.29 is 14.0 Å². The first-order valence-corrected chi connectivity index (χ1v) is 9.26. The molecule has 104 valence electrons. The minimum atomic E-state index is -1.79. The molecule has 0 amide bonds. The van der Waals surface area contributed by atoms with E-state index in [0.29, 0.717) is 0 Å². The average Bonchev–Trinajstić information content (AvgIpc) is 2.09. The van der Waals surface area contributed by atoms with E-state index in [1.54, 1.807) is 0 Å². The van der Waals surface area contributed by atoms with Gasteiger partial charge >= 0.3 is 5.97 Å². The number of rotatable bonds is 4. The molecule has 0 saturated carbocycles. The Kier molecular flexibility index (Phi) is 4.28. The van der Waals surface area contributed by atoms with E-state index in [1.807, 2.05) is 13.1 Å². The van der Waals surface area contributed by atoms with Gasteiger partial charge in [-0.05, 0) is 25.1 Å². The van der Waals surface area contributed by atoms with Gasteiger partial charge in [-0.3, -0.25) is 4.79 Å². The number of hydrogen-bond donors (Lipinski definition) is 1. The average molecular weight is 271 g/mol. The molecule has 1 N–H and O–H groups in total. The highest BCUT2D eigenvalue weighted by Gasteiger charge is 2.40. The SMILES string of the molecule is CC(=O)OC1NC=C1[C@@H](C)O[Si](C)(C)C(C)(C)C. The van der Waals surface area contributed by atoms with Gasteiger partial charge in [0.1, 0.15) is 0 Å². The van der Waals surface area contributed by atoms with Crippen molar-refractivity contribution in [3.8, 4) is 0 Å². The predicted molar refractivity (Wildman–Crippen MR) is 74.5 cm³/mol. The van der Waals surface area contributed by atoms with Crippen LogP contribution in [0.5, 0.6) is 0 Å². The Morgan fingerprint density at radius 3 is 2.33 bits per heavy atom. The van der Waals surface area contributed by atoms with Gasteiger partial charge in [-0.2, -0.15) is 0 Å². The third-order valence-electron chi connectivity index (χ3n) is 3.73. The summed E-state index contributed by atoms with van der Waals surface area (Å²) in [6.45, 7) is 14.5. The number of ether oxygens (including phenoxy) is 1. The van der Waals surface area contributed by atoms with Crippen LogP contribution in [0.3, 0.4) is 0 Å². The van der Waals surface area contributed by atoms with Crippen molar-refractivity contribution in [3.05, 3.63) is 11.8 Å². The summed E-state index contributed by atoms with van der Waals surface area (Å²) in [5.74, 6) is -0.280. The third kappa shape index (κ3) is 3.35. The summed E-state index contributed by atoms with van der Waals surface area (Å²) in [7, 11) is -1.79. The zero-order chi connectivity index (χ0) is 14.1. The van der Waals surface area contributed by atoms with Gasteiger partial charge in [0.05, 0.1) is 6.10 Å². The molecular weight excluding hydrogens is 246 g/mol. The van der Waals surface area contributed by atoms with Crippen LogP contribution >= 0.6 is 0 Å². The molecule has 0 aliphatic carbocycles. The lowest BCUT2D eigenvalue weighted by atomic mass is 10.1. The monoisotopic (exact) mass is 271 g/mol. The summed E-state index contributed by atoms with van der Waals surface area (Å²) in [5.41, 5.74) is 1.01. The predicted octanol–water partition coefficient (Wildman–Crippen LogP) is 2.77. The lowest BCUT2D eigenvalue weighted by Crippen LogP contribution is -2.49. The second-order valence-corrected chi connectivity index (χ2v) is 11.1. The van der Waals surface area contributed by atoms with E-state index in [2.05, 4.69) is 39.2 Å². The molecule has 4 nitrogen and oxygen atoms in total. The van der Waals surface area contributed by atoms with Crippen molar-refractivity contribution in [2.45, 2.75) is 65.1 Å². The Morgan fingerprint density at radius 1 is 1.44 bits per heavy atom. The number of nitrogens with one attached hydrogen (secondary N) is 1. The first-order valence-electron chi connectivity index (χ1n) is 6.35. The van der Waals surface area contributed by atoms with Gasteiger partial charge in [-0.25, -0.2) is 0 Å². The quantitative estimate of drug-likeness (QED) is 0.631. The minimum absolute atomic E-state index is 0.0171. The van der Waals surface area contributed by atoms with Crippen molar-refractivity contribution in [2.24, 2.45) is 0 Å². The van der Waals surface area contributed by atoms with E-state index in [9.17, 15) is 4.79 Å². The van der Waals surface area contributed by atoms with Gasteiger partial charge in [-0.15, -0.1) is 0 Å². The summed E-state index contributed by atoms with van der Waals surface area (Å²) >= 11 is 0. The third-order valence-corrected chi connectivity index (χ3v) is 8.29. The summed E-state index contributed by atoms with van der Waals surface area (Å²) < 4.78 is 11.4. The molecule has 1 heterocycles. The number of carbonyl (C=O) groups excluding carboxylic acids is 1. The summed E-state index contributed by atoms with van der Waals surface area (Å²) in [6.07, 6.45) is 1.53. The van der Waals surface area contributed by atoms with E-state index < -0.39 is 8.32 Å². The van der Waals surface area contributed by atoms with Gasteiger partial charge in [0, 0.05) is 18.7 Å². The molecule has 5 heteroatoms. The summed E-state index contributed by atoms with van der Waals surface area (Å²) in [6, 6.07) is 0. The topological polar surface area (TPSA) is 47.6 Å². The van der Waals surface area contributed by atoms with Crippen LogP contribution in [0, 0.1) is 0 Å².